The first-order valence-electron chi connectivity index (χ1n) is 9.68. The van der Waals surface area contributed by atoms with Crippen molar-refractivity contribution in [1.82, 2.24) is 20.2 Å². The van der Waals surface area contributed by atoms with Gasteiger partial charge in [-0.2, -0.15) is 0 Å². The molecule has 0 saturated carbocycles. The Morgan fingerprint density at radius 2 is 2.14 bits per heavy atom. The number of nitrogens with zero attached hydrogens (tertiary/aromatic N) is 2. The highest BCUT2D eigenvalue weighted by molar-refractivity contribution is 5.93. The highest BCUT2D eigenvalue weighted by Crippen LogP contribution is 2.18. The highest BCUT2D eigenvalue weighted by Gasteiger charge is 2.20. The Morgan fingerprint density at radius 1 is 1.29 bits per heavy atom. The SMILES string of the molecule is C[C@H]1CCCN1Cc1ccc(C(=O)NCc2cnc3ccccc3c2)c(=O)[nH]1. The number of carbonyl (C=O) groups excluding carboxylic acids is 1. The Balaban J connectivity index is 1.41. The van der Waals surface area contributed by atoms with E-state index in [9.17, 15) is 9.59 Å². The molecular formula is C22H24N4O2. The summed E-state index contributed by atoms with van der Waals surface area (Å²) in [7, 11) is 0. The lowest BCUT2D eigenvalue weighted by Gasteiger charge is -2.20. The number of hydrogen-bond acceptors (Lipinski definition) is 4. The summed E-state index contributed by atoms with van der Waals surface area (Å²) in [5, 5.41) is 3.83. The number of hydrogen-bond donors (Lipinski definition) is 2. The number of pyridine rings is 2. The third-order valence-electron chi connectivity index (χ3n) is 5.38. The monoisotopic (exact) mass is 376 g/mol. The highest BCUT2D eigenvalue weighted by atomic mass is 16.2. The van der Waals surface area contributed by atoms with E-state index in [0.29, 0.717) is 19.1 Å². The van der Waals surface area contributed by atoms with Crippen molar-refractivity contribution >= 4 is 16.8 Å². The molecule has 1 saturated heterocycles. The lowest BCUT2D eigenvalue weighted by atomic mass is 10.1. The van der Waals surface area contributed by atoms with Crippen LogP contribution in [-0.2, 0) is 13.1 Å². The van der Waals surface area contributed by atoms with Crippen LogP contribution in [-0.4, -0.2) is 33.4 Å². The van der Waals surface area contributed by atoms with Crippen molar-refractivity contribution in [3.05, 3.63) is 75.8 Å². The average Bonchev–Trinajstić information content (AvgIpc) is 3.10. The van der Waals surface area contributed by atoms with E-state index in [1.807, 2.05) is 36.4 Å². The largest absolute Gasteiger partial charge is 0.348 e. The van der Waals surface area contributed by atoms with Crippen LogP contribution in [0.5, 0.6) is 0 Å². The number of aromatic nitrogens is 2. The van der Waals surface area contributed by atoms with Crippen molar-refractivity contribution in [3.8, 4) is 0 Å². The van der Waals surface area contributed by atoms with Crippen molar-refractivity contribution in [3.63, 3.8) is 0 Å². The lowest BCUT2D eigenvalue weighted by Crippen LogP contribution is -2.31. The van der Waals surface area contributed by atoms with Crippen molar-refractivity contribution < 1.29 is 4.79 Å². The fourth-order valence-electron chi connectivity index (χ4n) is 3.72. The molecule has 1 fully saturated rings. The van der Waals surface area contributed by atoms with Gasteiger partial charge >= 0.3 is 0 Å². The van der Waals surface area contributed by atoms with E-state index >= 15 is 0 Å². The smallest absolute Gasteiger partial charge is 0.261 e. The number of para-hydroxylation sites is 1. The molecule has 1 atom stereocenters. The van der Waals surface area contributed by atoms with Crippen LogP contribution in [0.2, 0.25) is 0 Å². The molecule has 3 aromatic rings. The molecule has 2 N–H and O–H groups in total. The molecule has 1 aliphatic heterocycles. The molecule has 2 aromatic heterocycles. The summed E-state index contributed by atoms with van der Waals surface area (Å²) in [6, 6.07) is 13.8. The van der Waals surface area contributed by atoms with Crippen molar-refractivity contribution in [2.75, 3.05) is 6.54 Å². The predicted molar refractivity (Wildman–Crippen MR) is 109 cm³/mol. The van der Waals surface area contributed by atoms with Crippen LogP contribution in [0, 0.1) is 0 Å². The third-order valence-corrected chi connectivity index (χ3v) is 5.38. The van der Waals surface area contributed by atoms with Gasteiger partial charge in [0.2, 0.25) is 0 Å². The Labute approximate surface area is 163 Å². The van der Waals surface area contributed by atoms with Gasteiger partial charge < -0.3 is 10.3 Å². The number of fused-ring (bicyclic) bond motifs is 1. The summed E-state index contributed by atoms with van der Waals surface area (Å²) < 4.78 is 0. The van der Waals surface area contributed by atoms with Crippen LogP contribution in [0.1, 0.15) is 41.4 Å². The zero-order valence-electron chi connectivity index (χ0n) is 15.9. The fraction of sp³-hybridized carbons (Fsp3) is 0.318. The average molecular weight is 376 g/mol. The minimum Gasteiger partial charge on any atom is -0.348 e. The summed E-state index contributed by atoms with van der Waals surface area (Å²) in [4.78, 5) is 34.4. The molecule has 6 heteroatoms. The summed E-state index contributed by atoms with van der Waals surface area (Å²) in [6.07, 6.45) is 4.12. The molecule has 0 aliphatic carbocycles. The van der Waals surface area contributed by atoms with Crippen LogP contribution in [0.4, 0.5) is 0 Å². The van der Waals surface area contributed by atoms with Gasteiger partial charge in [0.15, 0.2) is 0 Å². The second kappa shape index (κ2) is 7.94. The summed E-state index contributed by atoms with van der Waals surface area (Å²) >= 11 is 0. The number of nitrogens with one attached hydrogen (secondary N) is 2. The summed E-state index contributed by atoms with van der Waals surface area (Å²) in [6.45, 7) is 4.28. The Hall–Kier alpha value is -2.99. The molecule has 6 nitrogen and oxygen atoms in total. The van der Waals surface area contributed by atoms with Crippen molar-refractivity contribution in [2.24, 2.45) is 0 Å². The number of benzene rings is 1. The Morgan fingerprint density at radius 3 is 2.93 bits per heavy atom. The summed E-state index contributed by atoms with van der Waals surface area (Å²) in [5.74, 6) is -0.379. The topological polar surface area (TPSA) is 78.1 Å². The maximum absolute atomic E-state index is 12.4. The van der Waals surface area contributed by atoms with E-state index in [4.69, 9.17) is 0 Å². The molecule has 1 amide bonds. The van der Waals surface area contributed by atoms with Crippen LogP contribution >= 0.6 is 0 Å². The van der Waals surface area contributed by atoms with E-state index in [0.717, 1.165) is 28.7 Å². The van der Waals surface area contributed by atoms with E-state index in [2.05, 4.69) is 27.1 Å². The molecular weight excluding hydrogens is 352 g/mol. The van der Waals surface area contributed by atoms with E-state index in [-0.39, 0.29) is 17.0 Å². The Bertz CT molecular complexity index is 1060. The van der Waals surface area contributed by atoms with Gasteiger partial charge in [-0.05, 0) is 56.1 Å². The first kappa shape index (κ1) is 18.4. The first-order chi connectivity index (χ1) is 13.6. The van der Waals surface area contributed by atoms with Gasteiger partial charge in [0.25, 0.3) is 11.5 Å². The number of aromatic amines is 1. The second-order valence-corrected chi connectivity index (χ2v) is 7.41. The van der Waals surface area contributed by atoms with Crippen LogP contribution in [0.25, 0.3) is 10.9 Å². The molecule has 0 radical (unpaired) electrons. The minimum absolute atomic E-state index is 0.131. The third kappa shape index (κ3) is 3.97. The quantitative estimate of drug-likeness (QED) is 0.718. The van der Waals surface area contributed by atoms with Gasteiger partial charge in [-0.25, -0.2) is 0 Å². The van der Waals surface area contributed by atoms with Gasteiger partial charge in [0, 0.05) is 36.4 Å². The molecule has 1 aliphatic rings. The molecule has 3 heterocycles. The number of amides is 1. The standard InChI is InChI=1S/C22H24N4O2/c1-15-5-4-10-26(15)14-18-8-9-19(22(28)25-18)21(27)24-13-16-11-17-6-2-3-7-20(17)23-12-16/h2-3,6-9,11-12,15H,4-5,10,13-14H2,1H3,(H,24,27)(H,25,28)/t15-/m0/s1. The molecule has 0 spiro atoms. The van der Waals surface area contributed by atoms with Gasteiger partial charge in [-0.3, -0.25) is 19.5 Å². The number of H-pyrrole nitrogens is 1. The normalized spacial score (nSPS) is 17.1. The van der Waals surface area contributed by atoms with Crippen LogP contribution in [0.15, 0.2) is 53.5 Å². The van der Waals surface area contributed by atoms with E-state index in [1.165, 1.54) is 12.8 Å². The Kier molecular flexibility index (Phi) is 5.21. The van der Waals surface area contributed by atoms with E-state index in [1.54, 1.807) is 12.3 Å². The molecule has 144 valence electrons. The minimum atomic E-state index is -0.379. The second-order valence-electron chi connectivity index (χ2n) is 7.41. The number of rotatable bonds is 5. The molecule has 0 bridgehead atoms. The lowest BCUT2D eigenvalue weighted by molar-refractivity contribution is 0.0949. The number of carbonyl (C=O) groups is 1. The molecule has 0 unspecified atom stereocenters. The molecule has 1 aromatic carbocycles. The van der Waals surface area contributed by atoms with Gasteiger partial charge in [-0.1, -0.05) is 18.2 Å². The zero-order valence-corrected chi connectivity index (χ0v) is 15.9. The fourth-order valence-corrected chi connectivity index (χ4v) is 3.72. The van der Waals surface area contributed by atoms with Crippen LogP contribution < -0.4 is 10.9 Å². The molecule has 4 rings (SSSR count). The first-order valence-corrected chi connectivity index (χ1v) is 9.68. The summed E-state index contributed by atoms with van der Waals surface area (Å²) in [5.41, 5.74) is 2.43. The predicted octanol–water partition coefficient (Wildman–Crippen LogP) is 2.84. The zero-order chi connectivity index (χ0) is 19.5. The number of likely N-dealkylation sites (tertiary alicyclic amines) is 1. The van der Waals surface area contributed by atoms with Crippen LogP contribution in [0.3, 0.4) is 0 Å². The molecule has 28 heavy (non-hydrogen) atoms. The maximum Gasteiger partial charge on any atom is 0.261 e. The van der Waals surface area contributed by atoms with Gasteiger partial charge in [0.1, 0.15) is 5.56 Å². The van der Waals surface area contributed by atoms with E-state index < -0.39 is 0 Å². The van der Waals surface area contributed by atoms with Gasteiger partial charge in [0.05, 0.1) is 5.52 Å². The van der Waals surface area contributed by atoms with Gasteiger partial charge in [-0.15, -0.1) is 0 Å². The van der Waals surface area contributed by atoms with Crippen molar-refractivity contribution in [2.45, 2.75) is 38.9 Å². The maximum atomic E-state index is 12.4. The van der Waals surface area contributed by atoms with Crippen molar-refractivity contribution in [1.29, 1.82) is 0 Å².